The Hall–Kier alpha value is -1.62. The van der Waals surface area contributed by atoms with E-state index in [9.17, 15) is 4.79 Å². The highest BCUT2D eigenvalue weighted by Crippen LogP contribution is 2.32. The van der Waals surface area contributed by atoms with Crippen molar-refractivity contribution in [2.75, 3.05) is 6.61 Å². The summed E-state index contributed by atoms with van der Waals surface area (Å²) >= 11 is 5.93. The van der Waals surface area contributed by atoms with E-state index in [1.807, 2.05) is 0 Å². The molecule has 0 saturated heterocycles. The van der Waals surface area contributed by atoms with Crippen LogP contribution in [0.15, 0.2) is 33.0 Å². The van der Waals surface area contributed by atoms with Crippen molar-refractivity contribution in [2.45, 2.75) is 19.8 Å². The minimum Gasteiger partial charge on any atom is -0.462 e. The molecule has 1 aliphatic rings. The van der Waals surface area contributed by atoms with E-state index < -0.39 is 5.97 Å². The second-order valence-electron chi connectivity index (χ2n) is 3.84. The smallest absolute Gasteiger partial charge is 0.362 e. The van der Waals surface area contributed by atoms with Crippen LogP contribution in [0, 0.1) is 5.92 Å². The summed E-state index contributed by atoms with van der Waals surface area (Å²) in [4.78, 5) is 11.7. The molecule has 5 nitrogen and oxygen atoms in total. The maximum Gasteiger partial charge on any atom is 0.362 e. The highest BCUT2D eigenvalue weighted by molar-refractivity contribution is 6.66. The van der Waals surface area contributed by atoms with Crippen molar-refractivity contribution in [1.29, 1.82) is 0 Å². The molecule has 1 aliphatic carbocycles. The zero-order valence-corrected chi connectivity index (χ0v) is 10.7. The lowest BCUT2D eigenvalue weighted by atomic mass is 10.3. The fraction of sp³-hybridized carbons (Fsp3) is 0.417. The Morgan fingerprint density at radius 2 is 2.33 bits per heavy atom. The van der Waals surface area contributed by atoms with E-state index >= 15 is 0 Å². The zero-order valence-electron chi connectivity index (χ0n) is 9.93. The van der Waals surface area contributed by atoms with Crippen LogP contribution in [0.4, 0.5) is 0 Å². The average molecular weight is 269 g/mol. The molecule has 0 spiro atoms. The van der Waals surface area contributed by atoms with Gasteiger partial charge in [0, 0.05) is 5.92 Å². The lowest BCUT2D eigenvalue weighted by Gasteiger charge is -2.01. The third-order valence-electron chi connectivity index (χ3n) is 2.38. The minimum atomic E-state index is -0.573. The summed E-state index contributed by atoms with van der Waals surface area (Å²) in [7, 11) is 0. The van der Waals surface area contributed by atoms with Crippen LogP contribution in [0.25, 0.3) is 0 Å². The first kappa shape index (κ1) is 12.8. The highest BCUT2D eigenvalue weighted by Gasteiger charge is 2.27. The molecule has 0 aliphatic heterocycles. The second-order valence-corrected chi connectivity index (χ2v) is 4.23. The number of furan rings is 1. The first-order valence-electron chi connectivity index (χ1n) is 5.74. The first-order valence-corrected chi connectivity index (χ1v) is 6.12. The summed E-state index contributed by atoms with van der Waals surface area (Å²) in [6.07, 6.45) is 3.50. The van der Waals surface area contributed by atoms with Gasteiger partial charge in [0.1, 0.15) is 5.17 Å². The molecule has 0 amide bonds. The molecule has 6 heteroatoms. The number of hydrogen-bond donors (Lipinski definition) is 0. The Morgan fingerprint density at radius 1 is 1.56 bits per heavy atom. The molecular weight excluding hydrogens is 256 g/mol. The van der Waals surface area contributed by atoms with Gasteiger partial charge in [-0.1, -0.05) is 11.6 Å². The number of nitrogens with zero attached hydrogens (tertiary/aromatic N) is 2. The lowest BCUT2D eigenvalue weighted by molar-refractivity contribution is -0.135. The number of halogens is 1. The average Bonchev–Trinajstić information content (AvgIpc) is 3.07. The van der Waals surface area contributed by atoms with Crippen molar-refractivity contribution in [2.24, 2.45) is 16.1 Å². The summed E-state index contributed by atoms with van der Waals surface area (Å²) < 4.78 is 10.0. The number of ether oxygens (including phenoxy) is 1. The van der Waals surface area contributed by atoms with Crippen LogP contribution in [0.5, 0.6) is 0 Å². The van der Waals surface area contributed by atoms with Crippen LogP contribution in [-0.2, 0) is 9.53 Å². The van der Waals surface area contributed by atoms with Crippen molar-refractivity contribution in [3.63, 3.8) is 0 Å². The van der Waals surface area contributed by atoms with Crippen molar-refractivity contribution < 1.29 is 13.9 Å². The van der Waals surface area contributed by atoms with E-state index in [-0.39, 0.29) is 18.2 Å². The Labute approximate surface area is 109 Å². The van der Waals surface area contributed by atoms with E-state index in [1.165, 1.54) is 6.26 Å². The van der Waals surface area contributed by atoms with Gasteiger partial charge in [-0.05, 0) is 31.9 Å². The molecule has 96 valence electrons. The van der Waals surface area contributed by atoms with Crippen LogP contribution in [0.3, 0.4) is 0 Å². The third-order valence-corrected chi connectivity index (χ3v) is 2.77. The molecule has 1 aromatic heterocycles. The van der Waals surface area contributed by atoms with E-state index in [2.05, 4.69) is 10.2 Å². The van der Waals surface area contributed by atoms with Gasteiger partial charge in [0.2, 0.25) is 5.71 Å². The van der Waals surface area contributed by atoms with Crippen molar-refractivity contribution >= 4 is 28.5 Å². The molecule has 0 unspecified atom stereocenters. The second kappa shape index (κ2) is 5.82. The van der Waals surface area contributed by atoms with Gasteiger partial charge in [-0.3, -0.25) is 0 Å². The van der Waals surface area contributed by atoms with Crippen LogP contribution in [0.2, 0.25) is 0 Å². The molecule has 0 radical (unpaired) electrons. The fourth-order valence-corrected chi connectivity index (χ4v) is 1.56. The molecule has 0 bridgehead atoms. The van der Waals surface area contributed by atoms with E-state index in [4.69, 9.17) is 20.8 Å². The third kappa shape index (κ3) is 3.20. The molecule has 2 rings (SSSR count). The van der Waals surface area contributed by atoms with Gasteiger partial charge in [-0.25, -0.2) is 4.79 Å². The standard InChI is InChI=1S/C12H13ClN2O3/c1-2-17-12(16)10(9-4-3-7-18-9)14-15-11(13)8-5-6-8/h3-4,7-8H,2,5-6H2,1H3. The molecular formula is C12H13ClN2O3. The summed E-state index contributed by atoms with van der Waals surface area (Å²) in [5.41, 5.74) is 0.0284. The van der Waals surface area contributed by atoms with Crippen LogP contribution >= 0.6 is 11.6 Å². The molecule has 18 heavy (non-hydrogen) atoms. The monoisotopic (exact) mass is 268 g/mol. The van der Waals surface area contributed by atoms with Gasteiger partial charge in [0.05, 0.1) is 12.9 Å². The van der Waals surface area contributed by atoms with Gasteiger partial charge in [-0.15, -0.1) is 10.2 Å². The maximum absolute atomic E-state index is 11.7. The summed E-state index contributed by atoms with van der Waals surface area (Å²) in [6, 6.07) is 3.28. The Morgan fingerprint density at radius 3 is 2.89 bits per heavy atom. The summed E-state index contributed by atoms with van der Waals surface area (Å²) in [5.74, 6) is 0.0318. The first-order chi connectivity index (χ1) is 8.72. The SMILES string of the molecule is CCOC(=O)C(=NN=C(Cl)C1CC1)c1ccco1. The van der Waals surface area contributed by atoms with Gasteiger partial charge >= 0.3 is 5.97 Å². The van der Waals surface area contributed by atoms with Gasteiger partial charge in [0.15, 0.2) is 5.76 Å². The topological polar surface area (TPSA) is 64.2 Å². The Balaban J connectivity index is 2.21. The molecule has 1 heterocycles. The fourth-order valence-electron chi connectivity index (χ4n) is 1.30. The molecule has 0 atom stereocenters. The maximum atomic E-state index is 11.7. The molecule has 1 saturated carbocycles. The lowest BCUT2D eigenvalue weighted by Crippen LogP contribution is -2.18. The number of carbonyl (C=O) groups excluding carboxylic acids is 1. The van der Waals surface area contributed by atoms with E-state index in [0.717, 1.165) is 12.8 Å². The molecule has 1 aromatic rings. The highest BCUT2D eigenvalue weighted by atomic mass is 35.5. The quantitative estimate of drug-likeness (QED) is 0.468. The summed E-state index contributed by atoms with van der Waals surface area (Å²) in [5, 5.41) is 8.13. The number of esters is 1. The largest absolute Gasteiger partial charge is 0.462 e. The van der Waals surface area contributed by atoms with Crippen LogP contribution in [0.1, 0.15) is 25.5 Å². The Bertz CT molecular complexity index is 476. The van der Waals surface area contributed by atoms with Crippen molar-refractivity contribution in [1.82, 2.24) is 0 Å². The number of rotatable bonds is 5. The molecule has 0 N–H and O–H groups in total. The van der Waals surface area contributed by atoms with E-state index in [0.29, 0.717) is 10.9 Å². The predicted octanol–water partition coefficient (Wildman–Crippen LogP) is 2.59. The molecule has 1 fully saturated rings. The number of hydrogen-bond acceptors (Lipinski definition) is 5. The number of carbonyl (C=O) groups is 1. The predicted molar refractivity (Wildman–Crippen MR) is 67.9 cm³/mol. The molecule has 0 aromatic carbocycles. The van der Waals surface area contributed by atoms with Gasteiger partial charge in [0.25, 0.3) is 0 Å². The Kier molecular flexibility index (Phi) is 4.15. The van der Waals surface area contributed by atoms with Gasteiger partial charge in [-0.2, -0.15) is 0 Å². The van der Waals surface area contributed by atoms with Crippen LogP contribution in [-0.4, -0.2) is 23.5 Å². The zero-order chi connectivity index (χ0) is 13.0. The van der Waals surface area contributed by atoms with Crippen molar-refractivity contribution in [3.8, 4) is 0 Å². The van der Waals surface area contributed by atoms with Crippen molar-refractivity contribution in [3.05, 3.63) is 24.2 Å². The van der Waals surface area contributed by atoms with Gasteiger partial charge < -0.3 is 9.15 Å². The van der Waals surface area contributed by atoms with E-state index in [1.54, 1.807) is 19.1 Å². The minimum absolute atomic E-state index is 0.0284. The normalized spacial score (nSPS) is 16.8. The summed E-state index contributed by atoms with van der Waals surface area (Å²) in [6.45, 7) is 1.98. The van der Waals surface area contributed by atoms with Crippen LogP contribution < -0.4 is 0 Å².